The molecular formula is C29H34O5. The van der Waals surface area contributed by atoms with E-state index in [0.717, 1.165) is 49.4 Å². The summed E-state index contributed by atoms with van der Waals surface area (Å²) in [5, 5.41) is 0. The van der Waals surface area contributed by atoms with Crippen LogP contribution in [0.1, 0.15) is 31.2 Å². The molecule has 3 aromatic carbocycles. The van der Waals surface area contributed by atoms with Crippen LogP contribution < -0.4 is 9.47 Å². The van der Waals surface area contributed by atoms with Crippen LogP contribution in [0.3, 0.4) is 0 Å². The molecule has 3 aromatic rings. The van der Waals surface area contributed by atoms with Crippen molar-refractivity contribution in [3.63, 3.8) is 0 Å². The Morgan fingerprint density at radius 1 is 0.647 bits per heavy atom. The lowest BCUT2D eigenvalue weighted by Crippen LogP contribution is -2.00. The van der Waals surface area contributed by atoms with Crippen molar-refractivity contribution in [2.75, 3.05) is 33.5 Å². The van der Waals surface area contributed by atoms with E-state index in [1.54, 1.807) is 7.11 Å². The van der Waals surface area contributed by atoms with Crippen LogP contribution in [-0.2, 0) is 14.3 Å². The van der Waals surface area contributed by atoms with E-state index in [2.05, 4.69) is 54.1 Å². The van der Waals surface area contributed by atoms with Crippen LogP contribution in [0.25, 0.3) is 22.3 Å². The van der Waals surface area contributed by atoms with Crippen LogP contribution in [0.2, 0.25) is 0 Å². The maximum atomic E-state index is 10.1. The summed E-state index contributed by atoms with van der Waals surface area (Å²) in [4.78, 5) is 10.1. The van der Waals surface area contributed by atoms with Gasteiger partial charge in [-0.1, -0.05) is 42.5 Å². The molecule has 0 aliphatic carbocycles. The number of unbranched alkanes of at least 4 members (excludes halogenated alkanes) is 2. The summed E-state index contributed by atoms with van der Waals surface area (Å²) in [7, 11) is 1.72. The molecule has 0 bridgehead atoms. The zero-order valence-corrected chi connectivity index (χ0v) is 20.1. The summed E-state index contributed by atoms with van der Waals surface area (Å²) in [5.41, 5.74) is 5.95. The number of ether oxygens (including phenoxy) is 4. The van der Waals surface area contributed by atoms with Gasteiger partial charge < -0.3 is 18.9 Å². The van der Waals surface area contributed by atoms with Crippen LogP contribution in [0.4, 0.5) is 0 Å². The summed E-state index contributed by atoms with van der Waals surface area (Å²) in [5.74, 6) is 1.74. The molecule has 5 heteroatoms. The Kier molecular flexibility index (Phi) is 10.5. The molecule has 0 aliphatic heterocycles. The second-order valence-electron chi connectivity index (χ2n) is 8.15. The first-order valence-corrected chi connectivity index (χ1v) is 11.8. The number of carbonyl (C=O) groups is 1. The van der Waals surface area contributed by atoms with Crippen molar-refractivity contribution in [2.24, 2.45) is 0 Å². The number of methoxy groups -OCH3 is 1. The van der Waals surface area contributed by atoms with Gasteiger partial charge in [-0.15, -0.1) is 0 Å². The van der Waals surface area contributed by atoms with Gasteiger partial charge in [0.1, 0.15) is 11.5 Å². The molecule has 0 radical (unpaired) electrons. The van der Waals surface area contributed by atoms with Gasteiger partial charge in [0.15, 0.2) is 0 Å². The van der Waals surface area contributed by atoms with E-state index in [4.69, 9.17) is 14.2 Å². The second-order valence-corrected chi connectivity index (χ2v) is 8.15. The number of carbonyl (C=O) groups excluding carboxylic acids is 1. The minimum absolute atomic E-state index is 0.439. The van der Waals surface area contributed by atoms with Gasteiger partial charge in [0.25, 0.3) is 6.47 Å². The van der Waals surface area contributed by atoms with Crippen molar-refractivity contribution >= 4 is 6.47 Å². The Bertz CT molecular complexity index is 996. The Balaban J connectivity index is 1.54. The summed E-state index contributed by atoms with van der Waals surface area (Å²) < 4.78 is 21.3. The van der Waals surface area contributed by atoms with E-state index >= 15 is 0 Å². The molecule has 0 heterocycles. The minimum atomic E-state index is 0.439. The number of benzene rings is 3. The topological polar surface area (TPSA) is 54.0 Å². The highest BCUT2D eigenvalue weighted by Gasteiger charge is 2.06. The normalized spacial score (nSPS) is 10.6. The van der Waals surface area contributed by atoms with Crippen LogP contribution in [0.5, 0.6) is 11.5 Å². The number of hydrogen-bond donors (Lipinski definition) is 0. The molecule has 0 spiro atoms. The average Bonchev–Trinajstić information content (AvgIpc) is 2.87. The summed E-state index contributed by atoms with van der Waals surface area (Å²) in [6, 6.07) is 23.0. The predicted molar refractivity (Wildman–Crippen MR) is 135 cm³/mol. The highest BCUT2D eigenvalue weighted by atomic mass is 16.5. The van der Waals surface area contributed by atoms with Crippen molar-refractivity contribution in [2.45, 2.75) is 32.6 Å². The molecule has 0 amide bonds. The lowest BCUT2D eigenvalue weighted by Gasteiger charge is -2.11. The van der Waals surface area contributed by atoms with Crippen molar-refractivity contribution < 1.29 is 23.7 Å². The first-order chi connectivity index (χ1) is 16.7. The van der Waals surface area contributed by atoms with Crippen molar-refractivity contribution in [1.82, 2.24) is 0 Å². The average molecular weight is 463 g/mol. The van der Waals surface area contributed by atoms with E-state index in [9.17, 15) is 4.79 Å². The fourth-order valence-corrected chi connectivity index (χ4v) is 3.71. The molecule has 180 valence electrons. The molecule has 0 saturated heterocycles. The Morgan fingerprint density at radius 3 is 1.74 bits per heavy atom. The molecule has 3 rings (SSSR count). The minimum Gasteiger partial charge on any atom is -0.494 e. The van der Waals surface area contributed by atoms with Gasteiger partial charge in [-0.2, -0.15) is 0 Å². The van der Waals surface area contributed by atoms with Gasteiger partial charge >= 0.3 is 0 Å². The summed E-state index contributed by atoms with van der Waals surface area (Å²) >= 11 is 0. The summed E-state index contributed by atoms with van der Waals surface area (Å²) in [6.07, 6.45) is 3.64. The van der Waals surface area contributed by atoms with Gasteiger partial charge in [-0.3, -0.25) is 4.79 Å². The van der Waals surface area contributed by atoms with Gasteiger partial charge in [0, 0.05) is 13.7 Å². The van der Waals surface area contributed by atoms with Gasteiger partial charge in [-0.05, 0) is 84.7 Å². The second kappa shape index (κ2) is 14.1. The summed E-state index contributed by atoms with van der Waals surface area (Å²) in [6.45, 7) is 5.14. The molecule has 5 nitrogen and oxygen atoms in total. The molecule has 0 fully saturated rings. The lowest BCUT2D eigenvalue weighted by atomic mass is 9.96. The van der Waals surface area contributed by atoms with Gasteiger partial charge in [0.05, 0.1) is 19.8 Å². The molecule has 0 aromatic heterocycles. The Hall–Kier alpha value is -3.31. The first kappa shape index (κ1) is 25.3. The Morgan fingerprint density at radius 2 is 1.18 bits per heavy atom. The zero-order valence-electron chi connectivity index (χ0n) is 20.1. The molecule has 0 aliphatic rings. The zero-order chi connectivity index (χ0) is 24.0. The van der Waals surface area contributed by atoms with Gasteiger partial charge in [0.2, 0.25) is 0 Å². The smallest absolute Gasteiger partial charge is 0.293 e. The van der Waals surface area contributed by atoms with E-state index in [1.807, 2.05) is 24.3 Å². The van der Waals surface area contributed by atoms with E-state index in [-0.39, 0.29) is 0 Å². The number of rotatable bonds is 15. The quantitative estimate of drug-likeness (QED) is 0.191. The largest absolute Gasteiger partial charge is 0.494 e. The van der Waals surface area contributed by atoms with E-state index < -0.39 is 0 Å². The monoisotopic (exact) mass is 462 g/mol. The highest BCUT2D eigenvalue weighted by molar-refractivity contribution is 5.74. The predicted octanol–water partition coefficient (Wildman–Crippen LogP) is 6.47. The third kappa shape index (κ3) is 7.92. The highest BCUT2D eigenvalue weighted by Crippen LogP contribution is 2.30. The van der Waals surface area contributed by atoms with Crippen LogP contribution in [0.15, 0.2) is 66.7 Å². The third-order valence-corrected chi connectivity index (χ3v) is 5.58. The van der Waals surface area contributed by atoms with Crippen molar-refractivity contribution in [3.8, 4) is 33.8 Å². The third-order valence-electron chi connectivity index (χ3n) is 5.58. The van der Waals surface area contributed by atoms with Crippen molar-refractivity contribution in [1.29, 1.82) is 0 Å². The molecule has 0 atom stereocenters. The number of hydrogen-bond acceptors (Lipinski definition) is 5. The Labute approximate surface area is 202 Å². The van der Waals surface area contributed by atoms with Crippen LogP contribution in [-0.4, -0.2) is 40.0 Å². The molecule has 34 heavy (non-hydrogen) atoms. The van der Waals surface area contributed by atoms with Crippen molar-refractivity contribution in [3.05, 3.63) is 72.3 Å². The maximum absolute atomic E-state index is 10.1. The lowest BCUT2D eigenvalue weighted by molar-refractivity contribution is -0.128. The molecule has 0 saturated carbocycles. The van der Waals surface area contributed by atoms with Crippen LogP contribution in [0, 0.1) is 6.92 Å². The number of aryl methyl sites for hydroxylation is 1. The first-order valence-electron chi connectivity index (χ1n) is 11.8. The van der Waals surface area contributed by atoms with Gasteiger partial charge in [-0.25, -0.2) is 0 Å². The van der Waals surface area contributed by atoms with E-state index in [0.29, 0.717) is 26.3 Å². The molecular weight excluding hydrogens is 428 g/mol. The molecule has 0 unspecified atom stereocenters. The molecule has 0 N–H and O–H groups in total. The SMILES string of the molecule is COCCCCOc1ccc(-c2ccc(-c3ccc(OCCCCOC=O)cc3)cc2C)cc1. The maximum Gasteiger partial charge on any atom is 0.293 e. The van der Waals surface area contributed by atoms with Crippen LogP contribution >= 0.6 is 0 Å². The standard InChI is InChI=1S/C29H34O5/c1-23-21-26(24-7-12-27(13-8-24)34-20-6-4-18-32-22-30)11-16-29(23)25-9-14-28(15-10-25)33-19-5-3-17-31-2/h7-16,21-22H,3-6,17-20H2,1-2H3. The fourth-order valence-electron chi connectivity index (χ4n) is 3.71. The van der Waals surface area contributed by atoms with E-state index in [1.165, 1.54) is 22.3 Å². The fraction of sp³-hybridized carbons (Fsp3) is 0.345.